The van der Waals surface area contributed by atoms with Crippen LogP contribution in [0.2, 0.25) is 0 Å². The topological polar surface area (TPSA) is 105 Å². The molecule has 5 aromatic rings. The lowest BCUT2D eigenvalue weighted by molar-refractivity contribution is -0.137. The van der Waals surface area contributed by atoms with E-state index >= 15 is 0 Å². The summed E-state index contributed by atoms with van der Waals surface area (Å²) in [6.45, 7) is 2.16. The fourth-order valence-corrected chi connectivity index (χ4v) is 5.03. The first-order valence-corrected chi connectivity index (χ1v) is 12.8. The molecule has 0 aliphatic carbocycles. The van der Waals surface area contributed by atoms with E-state index in [1.54, 1.807) is 32.4 Å². The van der Waals surface area contributed by atoms with Crippen molar-refractivity contribution in [2.45, 2.75) is 26.1 Å². The van der Waals surface area contributed by atoms with E-state index < -0.39 is 23.0 Å². The van der Waals surface area contributed by atoms with Crippen LogP contribution in [-0.2, 0) is 37.5 Å². The van der Waals surface area contributed by atoms with E-state index in [4.69, 9.17) is 9.54 Å². The van der Waals surface area contributed by atoms with Gasteiger partial charge in [0.1, 0.15) is 11.3 Å². The van der Waals surface area contributed by atoms with Crippen molar-refractivity contribution < 1.29 is 21.9 Å². The molecule has 0 fully saturated rings. The van der Waals surface area contributed by atoms with Crippen LogP contribution in [-0.4, -0.2) is 34.4 Å². The lowest BCUT2D eigenvalue weighted by Gasteiger charge is -2.13. The second-order valence-corrected chi connectivity index (χ2v) is 9.85. The number of rotatable bonds is 7. The number of H-pyrrole nitrogens is 1. The first kappa shape index (κ1) is 25.9. The van der Waals surface area contributed by atoms with E-state index in [1.165, 1.54) is 10.6 Å². The Bertz CT molecular complexity index is 1750. The third kappa shape index (κ3) is 4.89. The Hall–Kier alpha value is -3.74. The molecule has 2 aromatic carbocycles. The number of nitrogens with zero attached hydrogens (tertiary/aromatic N) is 3. The van der Waals surface area contributed by atoms with Crippen LogP contribution in [0, 0.1) is 6.92 Å². The molecule has 3 aromatic heterocycles. The summed E-state index contributed by atoms with van der Waals surface area (Å²) in [6.07, 6.45) is -0.644. The highest BCUT2D eigenvalue weighted by molar-refractivity contribution is 7.77. The van der Waals surface area contributed by atoms with Gasteiger partial charge in [0.05, 0.1) is 16.6 Å². The zero-order chi connectivity index (χ0) is 27.2. The first-order valence-electron chi connectivity index (χ1n) is 11.7. The summed E-state index contributed by atoms with van der Waals surface area (Å²) in [6, 6.07) is 10.9. The van der Waals surface area contributed by atoms with Crippen molar-refractivity contribution in [2.75, 3.05) is 6.54 Å². The second kappa shape index (κ2) is 9.86. The zero-order valence-electron chi connectivity index (χ0n) is 20.5. The molecule has 0 radical (unpaired) electrons. The third-order valence-corrected chi connectivity index (χ3v) is 6.99. The number of hydrogen-bond acceptors (Lipinski definition) is 3. The van der Waals surface area contributed by atoms with Gasteiger partial charge in [-0.3, -0.25) is 9.35 Å². The number of imidazole rings is 1. The van der Waals surface area contributed by atoms with Crippen LogP contribution in [0.25, 0.3) is 33.1 Å². The van der Waals surface area contributed by atoms with Crippen molar-refractivity contribution in [2.24, 2.45) is 7.05 Å². The largest absolute Gasteiger partial charge is 0.416 e. The van der Waals surface area contributed by atoms with Crippen LogP contribution in [0.5, 0.6) is 0 Å². The Kier molecular flexibility index (Phi) is 6.72. The fraction of sp³-hybridized carbons (Fsp3) is 0.231. The number of aryl methyl sites for hydroxylation is 2. The van der Waals surface area contributed by atoms with E-state index in [2.05, 4.69) is 9.71 Å². The second-order valence-electron chi connectivity index (χ2n) is 9.07. The maximum atomic E-state index is 13.3. The fourth-order valence-electron chi connectivity index (χ4n) is 4.76. The maximum Gasteiger partial charge on any atom is 0.416 e. The molecule has 12 heteroatoms. The van der Waals surface area contributed by atoms with Crippen molar-refractivity contribution in [3.63, 3.8) is 0 Å². The minimum Gasteiger partial charge on any atom is -0.357 e. The van der Waals surface area contributed by atoms with Gasteiger partial charge in [-0.2, -0.15) is 13.2 Å². The van der Waals surface area contributed by atoms with Crippen molar-refractivity contribution in [3.8, 4) is 11.1 Å². The standard InChI is InChI=1S/C26H24F3N5O3S/c1-15-32-23-17(6-9-31-38(36)37)11-18(21-14-33(2)25(35)24-20(21)7-8-30-24)12-22(23)34(15)13-16-4-3-5-19(10-16)26(27,28)29/h3-5,7-8,10-12,14,30-31H,6,9,13H2,1-2H3,(H,36,37). The Morgan fingerprint density at radius 3 is 2.71 bits per heavy atom. The molecule has 8 nitrogen and oxygen atoms in total. The number of aromatic nitrogens is 4. The summed E-state index contributed by atoms with van der Waals surface area (Å²) in [5, 5.41) is 0.730. The summed E-state index contributed by atoms with van der Waals surface area (Å²) in [4.78, 5) is 20.3. The van der Waals surface area contributed by atoms with Crippen molar-refractivity contribution in [3.05, 3.63) is 87.7 Å². The molecule has 1 unspecified atom stereocenters. The van der Waals surface area contributed by atoms with Crippen molar-refractivity contribution in [1.82, 2.24) is 23.8 Å². The lowest BCUT2D eigenvalue weighted by Crippen LogP contribution is -2.19. The van der Waals surface area contributed by atoms with Crippen LogP contribution in [0.4, 0.5) is 13.2 Å². The number of aromatic amines is 1. The summed E-state index contributed by atoms with van der Waals surface area (Å²) in [5.74, 6) is 0.613. The van der Waals surface area contributed by atoms with Gasteiger partial charge in [-0.15, -0.1) is 0 Å². The summed E-state index contributed by atoms with van der Waals surface area (Å²) in [5.41, 5.74) is 3.75. The van der Waals surface area contributed by atoms with E-state index in [9.17, 15) is 22.2 Å². The maximum absolute atomic E-state index is 13.3. The summed E-state index contributed by atoms with van der Waals surface area (Å²) < 4.78 is 66.1. The number of benzene rings is 2. The van der Waals surface area contributed by atoms with Gasteiger partial charge in [0.2, 0.25) is 11.3 Å². The molecule has 0 amide bonds. The normalized spacial score (nSPS) is 13.0. The Morgan fingerprint density at radius 2 is 1.97 bits per heavy atom. The van der Waals surface area contributed by atoms with Crippen LogP contribution in [0.1, 0.15) is 22.5 Å². The van der Waals surface area contributed by atoms with E-state index in [0.29, 0.717) is 34.4 Å². The Balaban J connectivity index is 1.69. The van der Waals surface area contributed by atoms with Gasteiger partial charge < -0.3 is 14.1 Å². The lowest BCUT2D eigenvalue weighted by atomic mass is 9.99. The minimum atomic E-state index is -4.45. The van der Waals surface area contributed by atoms with Crippen LogP contribution >= 0.6 is 0 Å². The van der Waals surface area contributed by atoms with Crippen LogP contribution in [0.3, 0.4) is 0 Å². The zero-order valence-corrected chi connectivity index (χ0v) is 21.3. The molecule has 198 valence electrons. The molecular formula is C26H24F3N5O3S. The highest BCUT2D eigenvalue weighted by Crippen LogP contribution is 2.33. The number of pyridine rings is 1. The van der Waals surface area contributed by atoms with E-state index in [-0.39, 0.29) is 18.6 Å². The molecule has 0 spiro atoms. The molecule has 3 heterocycles. The number of alkyl halides is 3. The third-order valence-electron chi connectivity index (χ3n) is 6.54. The monoisotopic (exact) mass is 543 g/mol. The van der Waals surface area contributed by atoms with E-state index in [0.717, 1.165) is 34.2 Å². The molecular weight excluding hydrogens is 519 g/mol. The first-order chi connectivity index (χ1) is 18.0. The van der Waals surface area contributed by atoms with Gasteiger partial charge in [-0.05, 0) is 60.4 Å². The molecule has 3 N–H and O–H groups in total. The van der Waals surface area contributed by atoms with Gasteiger partial charge in [-0.1, -0.05) is 12.1 Å². The van der Waals surface area contributed by atoms with Crippen LogP contribution in [0.15, 0.2) is 59.7 Å². The number of halogens is 3. The number of hydrogen-bond donors (Lipinski definition) is 3. The highest BCUT2D eigenvalue weighted by Gasteiger charge is 2.30. The SMILES string of the molecule is Cc1nc2c(CCNS(=O)O)cc(-c3cn(C)c(=O)c4[nH]ccc34)cc2n1Cc1cccc(C(F)(F)F)c1. The number of fused-ring (bicyclic) bond motifs is 2. The number of nitrogens with one attached hydrogen (secondary N) is 2. The van der Waals surface area contributed by atoms with E-state index in [1.807, 2.05) is 22.8 Å². The smallest absolute Gasteiger partial charge is 0.357 e. The predicted octanol–water partition coefficient (Wildman–Crippen LogP) is 4.53. The van der Waals surface area contributed by atoms with Gasteiger partial charge in [0.15, 0.2) is 0 Å². The molecule has 0 aliphatic rings. The average Bonchev–Trinajstić information content (AvgIpc) is 3.46. The average molecular weight is 544 g/mol. The van der Waals surface area contributed by atoms with Gasteiger partial charge in [0, 0.05) is 43.5 Å². The molecule has 5 rings (SSSR count). The van der Waals surface area contributed by atoms with Crippen molar-refractivity contribution in [1.29, 1.82) is 0 Å². The Morgan fingerprint density at radius 1 is 1.18 bits per heavy atom. The molecule has 0 bridgehead atoms. The Labute approximate surface area is 217 Å². The van der Waals surface area contributed by atoms with Gasteiger partial charge >= 0.3 is 6.18 Å². The van der Waals surface area contributed by atoms with Crippen molar-refractivity contribution >= 4 is 33.2 Å². The summed E-state index contributed by atoms with van der Waals surface area (Å²) >= 11 is -2.18. The molecule has 38 heavy (non-hydrogen) atoms. The molecule has 0 saturated carbocycles. The quantitative estimate of drug-likeness (QED) is 0.263. The highest BCUT2D eigenvalue weighted by atomic mass is 32.2. The minimum absolute atomic E-state index is 0.168. The molecule has 0 aliphatic heterocycles. The van der Waals surface area contributed by atoms with Crippen LogP contribution < -0.4 is 10.3 Å². The predicted molar refractivity (Wildman–Crippen MR) is 140 cm³/mol. The van der Waals surface area contributed by atoms with Gasteiger partial charge in [-0.25, -0.2) is 13.9 Å². The molecule has 0 saturated heterocycles. The summed E-state index contributed by atoms with van der Waals surface area (Å²) in [7, 11) is 1.66. The van der Waals surface area contributed by atoms with Gasteiger partial charge in [0.25, 0.3) is 5.56 Å². The molecule has 1 atom stereocenters.